The van der Waals surface area contributed by atoms with E-state index in [2.05, 4.69) is 51.5 Å². The lowest BCUT2D eigenvalue weighted by molar-refractivity contribution is 0.287. The maximum atomic E-state index is 5.70. The Hall–Kier alpha value is -1.48. The molecule has 1 heterocycles. The van der Waals surface area contributed by atoms with Crippen LogP contribution in [0.15, 0.2) is 40.0 Å². The van der Waals surface area contributed by atoms with Crippen LogP contribution in [-0.4, -0.2) is 32.3 Å². The molecule has 0 fully saturated rings. The Labute approximate surface area is 183 Å². The number of hydrogen-bond donors (Lipinski definition) is 2. The van der Waals surface area contributed by atoms with E-state index in [1.807, 2.05) is 19.9 Å². The highest BCUT2D eigenvalue weighted by atomic mass is 127. The molecule has 0 saturated carbocycles. The number of rotatable bonds is 10. The zero-order chi connectivity index (χ0) is 18.6. The molecule has 0 amide bonds. The fraction of sp³-hybridized carbons (Fsp3) is 0.450. The molecule has 2 N–H and O–H groups in total. The topological polar surface area (TPSA) is 54.9 Å². The molecule has 7 heteroatoms. The molecule has 1 aromatic carbocycles. The molecule has 0 unspecified atom stereocenters. The average molecular weight is 503 g/mol. The molecule has 0 bridgehead atoms. The molecular weight excluding hydrogens is 473 g/mol. The molecule has 1 aromatic heterocycles. The van der Waals surface area contributed by atoms with Crippen molar-refractivity contribution in [3.63, 3.8) is 0 Å². The predicted octanol–water partition coefficient (Wildman–Crippen LogP) is 4.46. The highest BCUT2D eigenvalue weighted by Gasteiger charge is 2.06. The van der Waals surface area contributed by atoms with Crippen LogP contribution in [0.5, 0.6) is 11.5 Å². The van der Waals surface area contributed by atoms with Gasteiger partial charge in [0.25, 0.3) is 0 Å². The van der Waals surface area contributed by atoms with E-state index in [0.29, 0.717) is 19.8 Å². The van der Waals surface area contributed by atoms with Crippen LogP contribution in [-0.2, 0) is 13.0 Å². The Morgan fingerprint density at radius 3 is 2.44 bits per heavy atom. The van der Waals surface area contributed by atoms with Gasteiger partial charge in [-0.25, -0.2) is 4.99 Å². The van der Waals surface area contributed by atoms with E-state index in [4.69, 9.17) is 9.47 Å². The van der Waals surface area contributed by atoms with Crippen LogP contribution >= 0.6 is 35.3 Å². The van der Waals surface area contributed by atoms with Gasteiger partial charge in [0, 0.05) is 13.1 Å². The van der Waals surface area contributed by atoms with Crippen LogP contribution in [0.25, 0.3) is 0 Å². The number of nitrogens with zero attached hydrogens (tertiary/aromatic N) is 1. The van der Waals surface area contributed by atoms with Crippen LogP contribution in [0.3, 0.4) is 0 Å². The molecule has 0 spiro atoms. The van der Waals surface area contributed by atoms with Gasteiger partial charge in [0.1, 0.15) is 0 Å². The second-order valence-corrected chi connectivity index (χ2v) is 6.43. The van der Waals surface area contributed by atoms with Crippen molar-refractivity contribution in [3.05, 3.63) is 46.2 Å². The van der Waals surface area contributed by atoms with Gasteiger partial charge in [0.05, 0.1) is 19.8 Å². The number of aliphatic imine (C=N–C) groups is 1. The monoisotopic (exact) mass is 503 g/mol. The summed E-state index contributed by atoms with van der Waals surface area (Å²) >= 11 is 1.70. The molecule has 150 valence electrons. The van der Waals surface area contributed by atoms with Crippen LogP contribution in [0.1, 0.15) is 31.9 Å². The van der Waals surface area contributed by atoms with E-state index >= 15 is 0 Å². The third-order valence-corrected chi connectivity index (χ3v) is 4.39. The normalized spacial score (nSPS) is 10.9. The molecule has 0 radical (unpaired) electrons. The van der Waals surface area contributed by atoms with Gasteiger partial charge in [-0.3, -0.25) is 0 Å². The van der Waals surface area contributed by atoms with Gasteiger partial charge in [-0.1, -0.05) is 6.07 Å². The predicted molar refractivity (Wildman–Crippen MR) is 125 cm³/mol. The van der Waals surface area contributed by atoms with Crippen LogP contribution < -0.4 is 20.1 Å². The number of guanidine groups is 1. The Bertz CT molecular complexity index is 678. The number of ether oxygens (including phenoxy) is 2. The maximum Gasteiger partial charge on any atom is 0.191 e. The van der Waals surface area contributed by atoms with Crippen molar-refractivity contribution in [2.24, 2.45) is 4.99 Å². The molecular formula is C20H30IN3O2S. The average Bonchev–Trinajstić information content (AvgIpc) is 3.16. The van der Waals surface area contributed by atoms with Crippen molar-refractivity contribution < 1.29 is 9.47 Å². The summed E-state index contributed by atoms with van der Waals surface area (Å²) in [4.78, 5) is 4.63. The van der Waals surface area contributed by atoms with E-state index in [1.165, 1.54) is 11.1 Å². The molecule has 0 aliphatic heterocycles. The first-order valence-electron chi connectivity index (χ1n) is 9.18. The van der Waals surface area contributed by atoms with Crippen LogP contribution in [0.4, 0.5) is 0 Å². The fourth-order valence-electron chi connectivity index (χ4n) is 2.47. The minimum Gasteiger partial charge on any atom is -0.490 e. The molecule has 5 nitrogen and oxygen atoms in total. The summed E-state index contributed by atoms with van der Waals surface area (Å²) in [6, 6.07) is 8.24. The minimum atomic E-state index is 0. The summed E-state index contributed by atoms with van der Waals surface area (Å²) in [7, 11) is 0. The Balaban J connectivity index is 0.00000364. The van der Waals surface area contributed by atoms with Crippen LogP contribution in [0, 0.1) is 0 Å². The standard InChI is InChI=1S/C20H29N3O2S.HI/c1-4-21-20(23-14-17-10-12-26-15-17)22-11-9-16-7-8-18(24-5-2)19(13-16)25-6-3;/h7-8,10,12-13,15H,4-6,9,11,14H2,1-3H3,(H2,21,22,23);1H. The number of benzene rings is 1. The lowest BCUT2D eigenvalue weighted by Gasteiger charge is -2.14. The van der Waals surface area contributed by atoms with Crippen molar-refractivity contribution in [3.8, 4) is 11.5 Å². The quantitative estimate of drug-likeness (QED) is 0.286. The zero-order valence-electron chi connectivity index (χ0n) is 16.3. The van der Waals surface area contributed by atoms with Gasteiger partial charge >= 0.3 is 0 Å². The zero-order valence-corrected chi connectivity index (χ0v) is 19.4. The maximum absolute atomic E-state index is 5.70. The van der Waals surface area contributed by atoms with E-state index in [-0.39, 0.29) is 24.0 Å². The number of halogens is 1. The van der Waals surface area contributed by atoms with Gasteiger partial charge < -0.3 is 20.1 Å². The first-order chi connectivity index (χ1) is 12.8. The highest BCUT2D eigenvalue weighted by molar-refractivity contribution is 14.0. The second kappa shape index (κ2) is 13.7. The van der Waals surface area contributed by atoms with Crippen molar-refractivity contribution in [2.45, 2.75) is 33.7 Å². The summed E-state index contributed by atoms with van der Waals surface area (Å²) < 4.78 is 11.3. The van der Waals surface area contributed by atoms with E-state index in [1.54, 1.807) is 11.3 Å². The minimum absolute atomic E-state index is 0. The van der Waals surface area contributed by atoms with Crippen LogP contribution in [0.2, 0.25) is 0 Å². The van der Waals surface area contributed by atoms with Crippen molar-refractivity contribution in [2.75, 3.05) is 26.3 Å². The number of nitrogens with one attached hydrogen (secondary N) is 2. The molecule has 0 atom stereocenters. The van der Waals surface area contributed by atoms with E-state index < -0.39 is 0 Å². The summed E-state index contributed by atoms with van der Waals surface area (Å²) in [5.41, 5.74) is 2.44. The molecule has 2 aromatic rings. The number of thiophene rings is 1. The third-order valence-electron chi connectivity index (χ3n) is 3.66. The van der Waals surface area contributed by atoms with Crippen molar-refractivity contribution >= 4 is 41.3 Å². The van der Waals surface area contributed by atoms with E-state index in [9.17, 15) is 0 Å². The van der Waals surface area contributed by atoms with Gasteiger partial charge in [-0.2, -0.15) is 11.3 Å². The molecule has 27 heavy (non-hydrogen) atoms. The third kappa shape index (κ3) is 8.38. The van der Waals surface area contributed by atoms with Gasteiger partial charge in [-0.05, 0) is 67.3 Å². The van der Waals surface area contributed by atoms with Gasteiger partial charge in [0.15, 0.2) is 17.5 Å². The Morgan fingerprint density at radius 2 is 1.78 bits per heavy atom. The molecule has 0 saturated heterocycles. The smallest absolute Gasteiger partial charge is 0.191 e. The lowest BCUT2D eigenvalue weighted by Crippen LogP contribution is -2.38. The second-order valence-electron chi connectivity index (χ2n) is 5.65. The summed E-state index contributed by atoms with van der Waals surface area (Å²) in [5.74, 6) is 2.45. The number of hydrogen-bond acceptors (Lipinski definition) is 4. The van der Waals surface area contributed by atoms with Gasteiger partial charge in [-0.15, -0.1) is 24.0 Å². The first kappa shape index (κ1) is 23.6. The fourth-order valence-corrected chi connectivity index (χ4v) is 3.13. The Kier molecular flexibility index (Phi) is 11.9. The van der Waals surface area contributed by atoms with Crippen molar-refractivity contribution in [1.82, 2.24) is 10.6 Å². The summed E-state index contributed by atoms with van der Waals surface area (Å²) in [6.45, 7) is 9.62. The molecule has 2 rings (SSSR count). The molecule has 0 aliphatic carbocycles. The van der Waals surface area contributed by atoms with Gasteiger partial charge in [0.2, 0.25) is 0 Å². The SMILES string of the molecule is CCNC(=NCc1ccsc1)NCCc1ccc(OCC)c(OCC)c1.I. The summed E-state index contributed by atoms with van der Waals surface area (Å²) in [5, 5.41) is 10.9. The van der Waals surface area contributed by atoms with E-state index in [0.717, 1.165) is 37.0 Å². The van der Waals surface area contributed by atoms with Crippen molar-refractivity contribution in [1.29, 1.82) is 0 Å². The largest absolute Gasteiger partial charge is 0.490 e. The summed E-state index contributed by atoms with van der Waals surface area (Å²) in [6.07, 6.45) is 0.884. The lowest BCUT2D eigenvalue weighted by atomic mass is 10.1. The Morgan fingerprint density at radius 1 is 1.00 bits per heavy atom. The first-order valence-corrected chi connectivity index (χ1v) is 10.1. The molecule has 0 aliphatic rings. The highest BCUT2D eigenvalue weighted by Crippen LogP contribution is 2.28.